The van der Waals surface area contributed by atoms with Crippen molar-refractivity contribution in [3.63, 3.8) is 0 Å². The predicted octanol–water partition coefficient (Wildman–Crippen LogP) is 1.72. The van der Waals surface area contributed by atoms with E-state index in [1.165, 1.54) is 9.13 Å². The van der Waals surface area contributed by atoms with Gasteiger partial charge >= 0.3 is 0 Å². The molecule has 0 fully saturated rings. The molecule has 0 saturated carbocycles. The molecule has 0 aliphatic heterocycles. The Morgan fingerprint density at radius 1 is 1.24 bits per heavy atom. The van der Waals surface area contributed by atoms with E-state index in [1.807, 2.05) is 0 Å². The van der Waals surface area contributed by atoms with Crippen LogP contribution in [0.1, 0.15) is 37.6 Å². The van der Waals surface area contributed by atoms with Gasteiger partial charge in [0.25, 0.3) is 5.56 Å². The average molecular weight is 256 g/mol. The zero-order valence-electron chi connectivity index (χ0n) is 10.2. The fraction of sp³-hybridized carbons (Fsp3) is 0.545. The summed E-state index contributed by atoms with van der Waals surface area (Å²) in [5.41, 5.74) is -0.670. The molecule has 1 rings (SSSR count). The van der Waals surface area contributed by atoms with E-state index in [-0.39, 0.29) is 28.4 Å². The van der Waals surface area contributed by atoms with Gasteiger partial charge in [-0.1, -0.05) is 6.92 Å². The van der Waals surface area contributed by atoms with Gasteiger partial charge in [0.1, 0.15) is 5.56 Å². The molecular weight excluding hydrogens is 240 g/mol. The normalized spacial score (nSPS) is 10.5. The highest BCUT2D eigenvalue weighted by molar-refractivity contribution is 7.71. The summed E-state index contributed by atoms with van der Waals surface area (Å²) in [7, 11) is 0. The van der Waals surface area contributed by atoms with Gasteiger partial charge in [-0.05, 0) is 26.1 Å². The molecule has 0 aliphatic rings. The Morgan fingerprint density at radius 3 is 2.18 bits per heavy atom. The van der Waals surface area contributed by atoms with Gasteiger partial charge in [-0.2, -0.15) is 0 Å². The van der Waals surface area contributed by atoms with Crippen LogP contribution in [0.4, 0.5) is 0 Å². The molecule has 0 aliphatic carbocycles. The molecule has 0 amide bonds. The molecule has 0 unspecified atom stereocenters. The van der Waals surface area contributed by atoms with Crippen LogP contribution in [0.25, 0.3) is 0 Å². The van der Waals surface area contributed by atoms with Crippen molar-refractivity contribution in [3.05, 3.63) is 20.7 Å². The van der Waals surface area contributed by atoms with E-state index in [4.69, 9.17) is 12.2 Å². The maximum Gasteiger partial charge on any atom is 0.269 e. The molecule has 1 aromatic rings. The van der Waals surface area contributed by atoms with E-state index in [0.717, 1.165) is 0 Å². The molecule has 0 atom stereocenters. The first-order valence-corrected chi connectivity index (χ1v) is 6.00. The van der Waals surface area contributed by atoms with E-state index in [1.54, 1.807) is 20.8 Å². The van der Waals surface area contributed by atoms with Crippen molar-refractivity contribution in [1.82, 2.24) is 9.13 Å². The Bertz CT molecular complexity index is 557. The Balaban J connectivity index is 3.79. The van der Waals surface area contributed by atoms with Gasteiger partial charge in [0, 0.05) is 19.5 Å². The van der Waals surface area contributed by atoms with Crippen molar-refractivity contribution in [2.24, 2.45) is 0 Å². The van der Waals surface area contributed by atoms with Crippen LogP contribution in [0.2, 0.25) is 0 Å². The second-order valence-electron chi connectivity index (χ2n) is 3.55. The molecule has 6 heteroatoms. The molecule has 1 aromatic heterocycles. The predicted molar refractivity (Wildman–Crippen MR) is 67.2 cm³/mol. The molecule has 94 valence electrons. The topological polar surface area (TPSA) is 64.2 Å². The van der Waals surface area contributed by atoms with Crippen LogP contribution in [-0.2, 0) is 13.1 Å². The number of hydrogen-bond acceptors (Lipinski definition) is 4. The van der Waals surface area contributed by atoms with Crippen LogP contribution in [0.5, 0.6) is 5.88 Å². The Kier molecular flexibility index (Phi) is 4.22. The van der Waals surface area contributed by atoms with E-state index in [9.17, 15) is 14.7 Å². The molecule has 1 heterocycles. The largest absolute Gasteiger partial charge is 0.494 e. The summed E-state index contributed by atoms with van der Waals surface area (Å²) in [5, 5.41) is 9.93. The summed E-state index contributed by atoms with van der Waals surface area (Å²) < 4.78 is 2.95. The van der Waals surface area contributed by atoms with E-state index < -0.39 is 5.56 Å². The number of carbonyl (C=O) groups is 1. The van der Waals surface area contributed by atoms with Crippen LogP contribution in [0.15, 0.2) is 4.79 Å². The SMILES string of the molecule is CCC(=O)c1c(O)n(CC)c(=S)n(CC)c1=O. The molecule has 0 aromatic carbocycles. The lowest BCUT2D eigenvalue weighted by molar-refractivity contribution is 0.0981. The second kappa shape index (κ2) is 5.27. The number of ketones is 1. The minimum atomic E-state index is -0.508. The van der Waals surface area contributed by atoms with Crippen LogP contribution in [-0.4, -0.2) is 20.0 Å². The zero-order chi connectivity index (χ0) is 13.2. The van der Waals surface area contributed by atoms with Crippen LogP contribution < -0.4 is 5.56 Å². The van der Waals surface area contributed by atoms with Gasteiger partial charge in [-0.15, -0.1) is 0 Å². The van der Waals surface area contributed by atoms with Gasteiger partial charge in [0.2, 0.25) is 5.88 Å². The molecule has 17 heavy (non-hydrogen) atoms. The van der Waals surface area contributed by atoms with Gasteiger partial charge in [-0.25, -0.2) is 0 Å². The maximum atomic E-state index is 12.0. The van der Waals surface area contributed by atoms with Crippen molar-refractivity contribution in [3.8, 4) is 5.88 Å². The Labute approximate surface area is 104 Å². The van der Waals surface area contributed by atoms with Crippen LogP contribution in [0, 0.1) is 4.77 Å². The van der Waals surface area contributed by atoms with Gasteiger partial charge in [0.05, 0.1) is 0 Å². The standard InChI is InChI=1S/C11H16N2O3S/c1-4-7(14)8-9(15)12(5-2)11(17)13(6-3)10(8)16/h15H,4-6H2,1-3H3. The van der Waals surface area contributed by atoms with Gasteiger partial charge in [-0.3, -0.25) is 18.7 Å². The van der Waals surface area contributed by atoms with E-state index in [0.29, 0.717) is 13.1 Å². The van der Waals surface area contributed by atoms with Gasteiger partial charge in [0.15, 0.2) is 10.6 Å². The summed E-state index contributed by atoms with van der Waals surface area (Å²) in [6.45, 7) is 6.00. The maximum absolute atomic E-state index is 12.0. The van der Waals surface area contributed by atoms with Crippen molar-refractivity contribution in [2.75, 3.05) is 0 Å². The van der Waals surface area contributed by atoms with Crippen LogP contribution >= 0.6 is 12.2 Å². The molecule has 5 nitrogen and oxygen atoms in total. The summed E-state index contributed by atoms with van der Waals surface area (Å²) in [4.78, 5) is 23.7. The first kappa shape index (κ1) is 13.6. The highest BCUT2D eigenvalue weighted by atomic mass is 32.1. The number of Topliss-reactive ketones (excluding diaryl/α,β-unsaturated/α-hetero) is 1. The monoisotopic (exact) mass is 256 g/mol. The minimum absolute atomic E-state index is 0.162. The first-order valence-electron chi connectivity index (χ1n) is 5.59. The summed E-state index contributed by atoms with van der Waals surface area (Å²) in [6.07, 6.45) is 0.174. The van der Waals surface area contributed by atoms with Gasteiger partial charge < -0.3 is 5.11 Å². The van der Waals surface area contributed by atoms with Crippen molar-refractivity contribution in [1.29, 1.82) is 0 Å². The number of aromatic nitrogens is 2. The Hall–Kier alpha value is -1.43. The number of aromatic hydroxyl groups is 1. The van der Waals surface area contributed by atoms with E-state index in [2.05, 4.69) is 0 Å². The highest BCUT2D eigenvalue weighted by Crippen LogP contribution is 2.15. The second-order valence-corrected chi connectivity index (χ2v) is 3.92. The third kappa shape index (κ3) is 2.17. The fourth-order valence-corrected chi connectivity index (χ4v) is 2.10. The quantitative estimate of drug-likeness (QED) is 0.658. The highest BCUT2D eigenvalue weighted by Gasteiger charge is 2.20. The summed E-state index contributed by atoms with van der Waals surface area (Å²) in [5.74, 6) is -0.689. The number of rotatable bonds is 4. The van der Waals surface area contributed by atoms with Crippen molar-refractivity contribution >= 4 is 18.0 Å². The third-order valence-corrected chi connectivity index (χ3v) is 3.07. The Morgan fingerprint density at radius 2 is 1.76 bits per heavy atom. The van der Waals surface area contributed by atoms with Crippen LogP contribution in [0.3, 0.4) is 0 Å². The first-order chi connectivity index (χ1) is 7.99. The number of carbonyl (C=O) groups excluding carboxylic acids is 1. The zero-order valence-corrected chi connectivity index (χ0v) is 11.0. The number of nitrogens with zero attached hydrogens (tertiary/aromatic N) is 2. The summed E-state index contributed by atoms with van der Waals surface area (Å²) >= 11 is 5.10. The molecule has 0 spiro atoms. The molecule has 0 bridgehead atoms. The van der Waals surface area contributed by atoms with E-state index >= 15 is 0 Å². The smallest absolute Gasteiger partial charge is 0.269 e. The van der Waals surface area contributed by atoms with Crippen molar-refractivity contribution in [2.45, 2.75) is 40.3 Å². The lowest BCUT2D eigenvalue weighted by atomic mass is 10.1. The molecule has 0 saturated heterocycles. The summed E-state index contributed by atoms with van der Waals surface area (Å²) in [6, 6.07) is 0. The fourth-order valence-electron chi connectivity index (χ4n) is 1.67. The lowest BCUT2D eigenvalue weighted by Crippen LogP contribution is -2.30. The average Bonchev–Trinajstić information content (AvgIpc) is 2.29. The molecule has 1 N–H and O–H groups in total. The minimum Gasteiger partial charge on any atom is -0.494 e. The number of hydrogen-bond donors (Lipinski definition) is 1. The molecule has 0 radical (unpaired) electrons. The van der Waals surface area contributed by atoms with Crippen molar-refractivity contribution < 1.29 is 9.90 Å². The lowest BCUT2D eigenvalue weighted by Gasteiger charge is -2.14. The molecular formula is C11H16N2O3S. The third-order valence-electron chi connectivity index (χ3n) is 2.63.